The largest absolute Gasteiger partial charge is 0.423 e. The highest BCUT2D eigenvalue weighted by Gasteiger charge is 2.68. The Hall–Kier alpha value is -3.04. The highest BCUT2D eigenvalue weighted by molar-refractivity contribution is 7.99. The van der Waals surface area contributed by atoms with Crippen LogP contribution in [0.2, 0.25) is 0 Å². The van der Waals surface area contributed by atoms with E-state index in [1.165, 1.54) is 35.4 Å². The molecule has 250 valence electrons. The molecule has 6 heteroatoms. The Morgan fingerprint density at radius 2 is 1.60 bits per heavy atom. The van der Waals surface area contributed by atoms with E-state index in [2.05, 4.69) is 78.0 Å². The molecular weight excluding hydrogens is 603 g/mol. The molecule has 4 aliphatic rings. The number of carbonyl (C=O) groups excluding carboxylic acids is 2. The average Bonchev–Trinajstić information content (AvgIpc) is 3.01. The molecule has 0 radical (unpaired) electrons. The highest BCUT2D eigenvalue weighted by Crippen LogP contribution is 2.76. The molecule has 0 saturated heterocycles. The van der Waals surface area contributed by atoms with Crippen molar-refractivity contribution in [1.82, 2.24) is 0 Å². The van der Waals surface area contributed by atoms with Gasteiger partial charge in [-0.05, 0) is 124 Å². The number of nitriles is 1. The van der Waals surface area contributed by atoms with E-state index in [1.807, 2.05) is 24.8 Å². The fraction of sp³-hybridized carbons (Fsp3) is 0.585. The van der Waals surface area contributed by atoms with E-state index in [0.717, 1.165) is 62.5 Å². The van der Waals surface area contributed by atoms with Crippen LogP contribution in [0.5, 0.6) is 11.5 Å². The van der Waals surface area contributed by atoms with Crippen LogP contribution in [-0.4, -0.2) is 11.9 Å². The van der Waals surface area contributed by atoms with Crippen molar-refractivity contribution in [2.45, 2.75) is 129 Å². The fourth-order valence-electron chi connectivity index (χ4n) is 10.7. The van der Waals surface area contributed by atoms with Crippen LogP contribution in [0, 0.1) is 52.8 Å². The number of rotatable bonds is 5. The van der Waals surface area contributed by atoms with Gasteiger partial charge in [-0.25, -0.2) is 0 Å². The van der Waals surface area contributed by atoms with Gasteiger partial charge in [0.2, 0.25) is 0 Å². The van der Waals surface area contributed by atoms with Gasteiger partial charge in [-0.3, -0.25) is 9.59 Å². The molecule has 6 rings (SSSR count). The maximum absolute atomic E-state index is 12.4. The molecular formula is C41H51NO4S. The fourth-order valence-corrected chi connectivity index (χ4v) is 11.9. The monoisotopic (exact) mass is 653 g/mol. The first-order valence-corrected chi connectivity index (χ1v) is 18.3. The van der Waals surface area contributed by atoms with Gasteiger partial charge in [0.25, 0.3) is 0 Å². The van der Waals surface area contributed by atoms with E-state index in [-0.39, 0.29) is 32.3 Å². The maximum Gasteiger partial charge on any atom is 0.308 e. The van der Waals surface area contributed by atoms with Crippen LogP contribution in [0.1, 0.15) is 127 Å². The van der Waals surface area contributed by atoms with E-state index in [0.29, 0.717) is 17.4 Å². The van der Waals surface area contributed by atoms with Crippen LogP contribution in [0.3, 0.4) is 0 Å². The summed E-state index contributed by atoms with van der Waals surface area (Å²) in [6.07, 6.45) is 11.1. The summed E-state index contributed by atoms with van der Waals surface area (Å²) in [6.45, 7) is 18.9. The van der Waals surface area contributed by atoms with Gasteiger partial charge >= 0.3 is 11.9 Å². The van der Waals surface area contributed by atoms with E-state index >= 15 is 0 Å². The molecule has 4 aliphatic carbocycles. The van der Waals surface area contributed by atoms with Gasteiger partial charge in [-0.1, -0.05) is 57.0 Å². The number of thioether (sulfide) groups is 1. The van der Waals surface area contributed by atoms with Crippen LogP contribution in [0.4, 0.5) is 0 Å². The first-order valence-electron chi connectivity index (χ1n) is 17.5. The first-order chi connectivity index (χ1) is 22.0. The lowest BCUT2D eigenvalue weighted by molar-refractivity contribution is -0.164. The second-order valence-corrected chi connectivity index (χ2v) is 17.4. The minimum Gasteiger partial charge on any atom is -0.423 e. The van der Waals surface area contributed by atoms with Crippen molar-refractivity contribution >= 4 is 23.7 Å². The molecule has 0 spiro atoms. The summed E-state index contributed by atoms with van der Waals surface area (Å²) in [5.74, 6) is 0.235. The standard InChI is InChI=1S/C41H51NO4S/c1-10-41-20-18-39(8)30-21-31(45-27(4)43)36(46-28(5)44)26(3)35(30)32(47-29-13-11-25(2)12-14-29)22-33(39)40(41,9)19-17-38(7)16-15-37(6,24-42)23-34(38)41/h11-14,21-22,32,34H,10,15-20,23H2,1-9H3/t32?,34-,37-,38-,39+,40-,41+/m1/s1. The summed E-state index contributed by atoms with van der Waals surface area (Å²) in [5, 5.41) is 10.3. The van der Waals surface area contributed by atoms with Gasteiger partial charge in [-0.15, -0.1) is 11.8 Å². The van der Waals surface area contributed by atoms with Crippen molar-refractivity contribution in [3.63, 3.8) is 0 Å². The molecule has 2 aromatic carbocycles. The molecule has 0 N–H and O–H groups in total. The third kappa shape index (κ3) is 5.18. The number of hydrogen-bond donors (Lipinski definition) is 0. The zero-order chi connectivity index (χ0) is 34.2. The van der Waals surface area contributed by atoms with Gasteiger partial charge in [0.15, 0.2) is 11.5 Å². The van der Waals surface area contributed by atoms with E-state index in [1.54, 1.807) is 0 Å². The van der Waals surface area contributed by atoms with E-state index < -0.39 is 11.9 Å². The molecule has 0 amide bonds. The third-order valence-electron chi connectivity index (χ3n) is 13.4. The molecule has 7 atom stereocenters. The maximum atomic E-state index is 12.4. The molecule has 2 aromatic rings. The lowest BCUT2D eigenvalue weighted by Gasteiger charge is -2.71. The molecule has 3 saturated carbocycles. The number of ether oxygens (including phenoxy) is 2. The van der Waals surface area contributed by atoms with Crippen molar-refractivity contribution in [2.75, 3.05) is 0 Å². The quantitative estimate of drug-likeness (QED) is 0.182. The van der Waals surface area contributed by atoms with Gasteiger partial charge in [-0.2, -0.15) is 5.26 Å². The van der Waals surface area contributed by atoms with Gasteiger partial charge in [0, 0.05) is 29.7 Å². The molecule has 1 unspecified atom stereocenters. The number of allylic oxidation sites excluding steroid dienone is 1. The highest BCUT2D eigenvalue weighted by atomic mass is 32.2. The van der Waals surface area contributed by atoms with Crippen molar-refractivity contribution in [3.05, 3.63) is 64.2 Å². The zero-order valence-corrected chi connectivity index (χ0v) is 30.6. The number of hydrogen-bond acceptors (Lipinski definition) is 6. The van der Waals surface area contributed by atoms with Crippen molar-refractivity contribution in [1.29, 1.82) is 5.26 Å². The first kappa shape index (κ1) is 33.8. The summed E-state index contributed by atoms with van der Waals surface area (Å²) in [4.78, 5) is 25.9. The number of benzene rings is 2. The minimum atomic E-state index is -0.442. The van der Waals surface area contributed by atoms with E-state index in [9.17, 15) is 14.9 Å². The lowest BCUT2D eigenvalue weighted by atomic mass is 9.33. The number of esters is 2. The summed E-state index contributed by atoms with van der Waals surface area (Å²) >= 11 is 1.83. The number of nitrogens with zero attached hydrogens (tertiary/aromatic N) is 1. The molecule has 0 heterocycles. The predicted molar refractivity (Wildman–Crippen MR) is 187 cm³/mol. The Morgan fingerprint density at radius 3 is 2.21 bits per heavy atom. The topological polar surface area (TPSA) is 76.4 Å². The Bertz CT molecular complexity index is 1700. The number of aryl methyl sites for hydroxylation is 1. The Labute approximate surface area is 285 Å². The predicted octanol–water partition coefficient (Wildman–Crippen LogP) is 10.5. The SMILES string of the molecule is CC[C@@]12CC[C@]3(C)C(=CC(Sc4ccc(C)cc4)c4c3cc(OC(C)=O)c(OC(C)=O)c4C)[C@@]1(C)CC[C@@]1(C)CC[C@@](C)(C#N)C[C@H]12. The zero-order valence-electron chi connectivity index (χ0n) is 29.8. The van der Waals surface area contributed by atoms with Crippen LogP contribution in [0.25, 0.3) is 0 Å². The molecule has 0 aromatic heterocycles. The Kier molecular flexibility index (Phi) is 8.31. The number of carbonyl (C=O) groups is 2. The van der Waals surface area contributed by atoms with Crippen LogP contribution >= 0.6 is 11.8 Å². The molecule has 3 fully saturated rings. The van der Waals surface area contributed by atoms with Crippen molar-refractivity contribution in [3.8, 4) is 17.6 Å². The number of fused-ring (bicyclic) bond motifs is 7. The summed E-state index contributed by atoms with van der Waals surface area (Å²) in [6, 6.07) is 13.5. The van der Waals surface area contributed by atoms with Crippen LogP contribution in [0.15, 0.2) is 46.9 Å². The second-order valence-electron chi connectivity index (χ2n) is 16.2. The molecule has 47 heavy (non-hydrogen) atoms. The molecule has 0 bridgehead atoms. The van der Waals surface area contributed by atoms with Gasteiger partial charge in [0.05, 0.1) is 16.7 Å². The smallest absolute Gasteiger partial charge is 0.308 e. The molecule has 0 aliphatic heterocycles. The Morgan fingerprint density at radius 1 is 0.936 bits per heavy atom. The van der Waals surface area contributed by atoms with Crippen molar-refractivity contribution < 1.29 is 19.1 Å². The average molecular weight is 654 g/mol. The lowest BCUT2D eigenvalue weighted by Crippen LogP contribution is -2.63. The van der Waals surface area contributed by atoms with Crippen molar-refractivity contribution in [2.24, 2.45) is 27.6 Å². The minimum absolute atomic E-state index is 0.0232. The third-order valence-corrected chi connectivity index (χ3v) is 14.6. The van der Waals surface area contributed by atoms with Crippen LogP contribution < -0.4 is 9.47 Å². The summed E-state index contributed by atoms with van der Waals surface area (Å²) in [7, 11) is 0. The second kappa shape index (κ2) is 11.5. The molecule has 5 nitrogen and oxygen atoms in total. The van der Waals surface area contributed by atoms with Crippen LogP contribution in [-0.2, 0) is 15.0 Å². The summed E-state index contributed by atoms with van der Waals surface area (Å²) < 4.78 is 11.6. The normalized spacial score (nSPS) is 35.6. The van der Waals surface area contributed by atoms with Gasteiger partial charge < -0.3 is 9.47 Å². The van der Waals surface area contributed by atoms with Gasteiger partial charge in [0.1, 0.15) is 0 Å². The summed E-state index contributed by atoms with van der Waals surface area (Å²) in [5.41, 5.74) is 5.56. The van der Waals surface area contributed by atoms with E-state index in [4.69, 9.17) is 9.47 Å². The Balaban J connectivity index is 1.59.